The molecule has 1 aliphatic rings. The summed E-state index contributed by atoms with van der Waals surface area (Å²) in [5.74, 6) is -0.846. The fourth-order valence-corrected chi connectivity index (χ4v) is 5.84. The Hall–Kier alpha value is -3.71. The third-order valence-corrected chi connectivity index (χ3v) is 7.84. The van der Waals surface area contributed by atoms with E-state index in [9.17, 15) is 24.5 Å². The van der Waals surface area contributed by atoms with E-state index < -0.39 is 16.8 Å². The maximum atomic E-state index is 12.7. The van der Waals surface area contributed by atoms with Crippen LogP contribution in [0.1, 0.15) is 6.92 Å². The molecule has 4 rings (SSSR count). The minimum absolute atomic E-state index is 0.0104. The SMILES string of the molecule is CCOC(=O)Cn1c(=NC(=O)CSCC(=O)N2CCN(c3ccccc3)CC2)sc2cc([N+](=O)[O-])ccc21. The number of anilines is 1. The Bertz CT molecular complexity index is 1400. The van der Waals surface area contributed by atoms with E-state index >= 15 is 0 Å². The van der Waals surface area contributed by atoms with Gasteiger partial charge < -0.3 is 19.1 Å². The first-order valence-electron chi connectivity index (χ1n) is 12.0. The number of hydrogen-bond acceptors (Lipinski definition) is 9. The zero-order valence-corrected chi connectivity index (χ0v) is 22.4. The zero-order chi connectivity index (χ0) is 27.1. The van der Waals surface area contributed by atoms with Crippen LogP contribution in [-0.2, 0) is 25.7 Å². The van der Waals surface area contributed by atoms with Gasteiger partial charge in [0.2, 0.25) is 5.91 Å². The van der Waals surface area contributed by atoms with Gasteiger partial charge in [-0.2, -0.15) is 4.99 Å². The van der Waals surface area contributed by atoms with Crippen molar-refractivity contribution in [2.75, 3.05) is 49.2 Å². The predicted molar refractivity (Wildman–Crippen MR) is 146 cm³/mol. The molecule has 1 aromatic heterocycles. The largest absolute Gasteiger partial charge is 0.465 e. The molecule has 0 atom stereocenters. The van der Waals surface area contributed by atoms with Gasteiger partial charge >= 0.3 is 5.97 Å². The highest BCUT2D eigenvalue weighted by atomic mass is 32.2. The highest BCUT2D eigenvalue weighted by Crippen LogP contribution is 2.23. The quantitative estimate of drug-likeness (QED) is 0.223. The van der Waals surface area contributed by atoms with E-state index in [-0.39, 0.29) is 41.1 Å². The van der Waals surface area contributed by atoms with Crippen LogP contribution in [0.4, 0.5) is 11.4 Å². The monoisotopic (exact) mass is 557 g/mol. The fourth-order valence-electron chi connectivity index (χ4n) is 4.06. The minimum Gasteiger partial charge on any atom is -0.465 e. The van der Waals surface area contributed by atoms with Crippen LogP contribution in [0.5, 0.6) is 0 Å². The van der Waals surface area contributed by atoms with E-state index in [0.29, 0.717) is 23.3 Å². The highest BCUT2D eigenvalue weighted by molar-refractivity contribution is 8.00. The smallest absolute Gasteiger partial charge is 0.326 e. The van der Waals surface area contributed by atoms with Crippen LogP contribution in [-0.4, -0.2) is 76.5 Å². The van der Waals surface area contributed by atoms with Crippen molar-refractivity contribution in [3.63, 3.8) is 0 Å². The second kappa shape index (κ2) is 12.7. The maximum absolute atomic E-state index is 12.7. The Morgan fingerprint density at radius 3 is 2.50 bits per heavy atom. The molecule has 2 amide bonds. The summed E-state index contributed by atoms with van der Waals surface area (Å²) in [6, 6.07) is 14.3. The van der Waals surface area contributed by atoms with E-state index in [1.54, 1.807) is 11.8 Å². The van der Waals surface area contributed by atoms with Crippen molar-refractivity contribution in [2.24, 2.45) is 4.99 Å². The van der Waals surface area contributed by atoms with Crippen molar-refractivity contribution in [3.8, 4) is 0 Å². The lowest BCUT2D eigenvalue weighted by Crippen LogP contribution is -2.49. The summed E-state index contributed by atoms with van der Waals surface area (Å²) >= 11 is 2.27. The molecule has 0 radical (unpaired) electrons. The van der Waals surface area contributed by atoms with Crippen molar-refractivity contribution in [1.29, 1.82) is 0 Å². The Kier molecular flexibility index (Phi) is 9.13. The van der Waals surface area contributed by atoms with E-state index in [4.69, 9.17) is 4.74 Å². The van der Waals surface area contributed by atoms with Gasteiger partial charge in [0.15, 0.2) is 4.80 Å². The predicted octanol–water partition coefficient (Wildman–Crippen LogP) is 2.68. The topological polar surface area (TPSA) is 127 Å². The number of aromatic nitrogens is 1. The molecular formula is C25H27N5O6S2. The molecule has 2 heterocycles. The molecule has 0 spiro atoms. The molecular weight excluding hydrogens is 530 g/mol. The van der Waals surface area contributed by atoms with Crippen LogP contribution < -0.4 is 9.70 Å². The number of ether oxygens (including phenoxy) is 1. The summed E-state index contributed by atoms with van der Waals surface area (Å²) < 4.78 is 7.06. The summed E-state index contributed by atoms with van der Waals surface area (Å²) in [4.78, 5) is 56.5. The number of piperazine rings is 1. The Balaban J connectivity index is 1.37. The standard InChI is InChI=1S/C25H27N5O6S2/c1-2-36-24(33)15-29-20-9-8-19(30(34)35)14-21(20)38-25(29)26-22(31)16-37-17-23(32)28-12-10-27(11-13-28)18-6-4-3-5-7-18/h3-9,14H,2,10-13,15-17H2,1H3. The number of nitro groups is 1. The first kappa shape index (κ1) is 27.3. The molecule has 0 aliphatic carbocycles. The Morgan fingerprint density at radius 2 is 1.82 bits per heavy atom. The summed E-state index contributed by atoms with van der Waals surface area (Å²) in [7, 11) is 0. The van der Waals surface area contributed by atoms with Crippen molar-refractivity contribution < 1.29 is 24.0 Å². The van der Waals surface area contributed by atoms with Crippen molar-refractivity contribution >= 4 is 62.5 Å². The van der Waals surface area contributed by atoms with Gasteiger partial charge in [-0.05, 0) is 25.1 Å². The number of fused-ring (bicyclic) bond motifs is 1. The molecule has 3 aromatic rings. The number of rotatable bonds is 9. The summed E-state index contributed by atoms with van der Waals surface area (Å²) in [5, 5.41) is 11.2. The van der Waals surface area contributed by atoms with Crippen molar-refractivity contribution in [3.05, 3.63) is 63.4 Å². The lowest BCUT2D eigenvalue weighted by molar-refractivity contribution is -0.384. The number of amides is 2. The molecule has 200 valence electrons. The molecule has 0 unspecified atom stereocenters. The lowest BCUT2D eigenvalue weighted by Gasteiger charge is -2.36. The molecule has 0 saturated carbocycles. The number of para-hydroxylation sites is 1. The number of non-ortho nitro benzene ring substituents is 1. The van der Waals surface area contributed by atoms with E-state index in [1.807, 2.05) is 18.2 Å². The summed E-state index contributed by atoms with van der Waals surface area (Å²) in [6.07, 6.45) is 0. The first-order chi connectivity index (χ1) is 18.4. The Morgan fingerprint density at radius 1 is 1.08 bits per heavy atom. The molecule has 2 aromatic carbocycles. The molecule has 1 saturated heterocycles. The fraction of sp³-hybridized carbons (Fsp3) is 0.360. The second-order valence-corrected chi connectivity index (χ2v) is 10.4. The molecule has 11 nitrogen and oxygen atoms in total. The average molecular weight is 558 g/mol. The normalized spacial score (nSPS) is 14.1. The van der Waals surface area contributed by atoms with Crippen LogP contribution in [0.15, 0.2) is 53.5 Å². The number of carbonyl (C=O) groups is 3. The molecule has 0 N–H and O–H groups in total. The van der Waals surface area contributed by atoms with Gasteiger partial charge in [-0.1, -0.05) is 29.5 Å². The lowest BCUT2D eigenvalue weighted by atomic mass is 10.2. The number of nitrogens with zero attached hydrogens (tertiary/aromatic N) is 5. The van der Waals surface area contributed by atoms with Gasteiger partial charge in [-0.3, -0.25) is 24.5 Å². The maximum Gasteiger partial charge on any atom is 0.326 e. The number of thiazole rings is 1. The molecule has 1 aliphatic heterocycles. The van der Waals surface area contributed by atoms with Gasteiger partial charge in [0.1, 0.15) is 6.54 Å². The van der Waals surface area contributed by atoms with Crippen LogP contribution in [0.3, 0.4) is 0 Å². The van der Waals surface area contributed by atoms with Crippen molar-refractivity contribution in [1.82, 2.24) is 9.47 Å². The summed E-state index contributed by atoms with van der Waals surface area (Å²) in [5.41, 5.74) is 1.58. The van der Waals surface area contributed by atoms with E-state index in [0.717, 1.165) is 30.1 Å². The third kappa shape index (κ3) is 6.78. The van der Waals surface area contributed by atoms with Gasteiger partial charge in [0, 0.05) is 44.0 Å². The number of thioether (sulfide) groups is 1. The number of nitro benzene ring substituents is 1. The van der Waals surface area contributed by atoms with Gasteiger partial charge in [-0.25, -0.2) is 0 Å². The average Bonchev–Trinajstić information content (AvgIpc) is 3.24. The van der Waals surface area contributed by atoms with Crippen LogP contribution in [0.25, 0.3) is 10.2 Å². The zero-order valence-electron chi connectivity index (χ0n) is 20.8. The molecule has 38 heavy (non-hydrogen) atoms. The van der Waals surface area contributed by atoms with Crippen LogP contribution >= 0.6 is 23.1 Å². The highest BCUT2D eigenvalue weighted by Gasteiger charge is 2.21. The van der Waals surface area contributed by atoms with Gasteiger partial charge in [0.25, 0.3) is 11.6 Å². The minimum atomic E-state index is -0.508. The van der Waals surface area contributed by atoms with Gasteiger partial charge in [0.05, 0.1) is 33.3 Å². The Labute approximate surface area is 226 Å². The number of esters is 1. The number of benzene rings is 2. The van der Waals surface area contributed by atoms with Crippen molar-refractivity contribution in [2.45, 2.75) is 13.5 Å². The van der Waals surface area contributed by atoms with E-state index in [2.05, 4.69) is 22.0 Å². The molecule has 13 heteroatoms. The molecule has 0 bridgehead atoms. The number of carbonyl (C=O) groups excluding carboxylic acids is 3. The summed E-state index contributed by atoms with van der Waals surface area (Å²) in [6.45, 7) is 4.44. The van der Waals surface area contributed by atoms with Crippen LogP contribution in [0.2, 0.25) is 0 Å². The number of hydrogen-bond donors (Lipinski definition) is 0. The molecule has 1 fully saturated rings. The second-order valence-electron chi connectivity index (χ2n) is 8.39. The van der Waals surface area contributed by atoms with E-state index in [1.165, 1.54) is 34.5 Å². The van der Waals surface area contributed by atoms with Gasteiger partial charge in [-0.15, -0.1) is 11.8 Å². The third-order valence-electron chi connectivity index (χ3n) is 5.89. The first-order valence-corrected chi connectivity index (χ1v) is 14.0. The van der Waals surface area contributed by atoms with Crippen LogP contribution in [0, 0.1) is 10.1 Å².